The number of piperazine rings is 1. The van der Waals surface area contributed by atoms with E-state index in [9.17, 15) is 9.90 Å². The van der Waals surface area contributed by atoms with Crippen LogP contribution >= 0.6 is 0 Å². The third-order valence-electron chi connectivity index (χ3n) is 5.97. The molecule has 5 rings (SSSR count). The van der Waals surface area contributed by atoms with Crippen molar-refractivity contribution >= 4 is 23.2 Å². The number of aliphatic hydroxyl groups is 1. The molecule has 168 valence electrons. The molecular formula is C21H25N7O4. The summed E-state index contributed by atoms with van der Waals surface area (Å²) in [5.74, 6) is 0.792. The van der Waals surface area contributed by atoms with Crippen LogP contribution in [0.25, 0.3) is 16.9 Å². The highest BCUT2D eigenvalue weighted by molar-refractivity contribution is 5.75. The van der Waals surface area contributed by atoms with E-state index in [4.69, 9.17) is 9.84 Å². The number of imidazole rings is 1. The molecule has 0 saturated carbocycles. The van der Waals surface area contributed by atoms with Gasteiger partial charge in [0.15, 0.2) is 5.65 Å². The van der Waals surface area contributed by atoms with Gasteiger partial charge in [0, 0.05) is 51.0 Å². The minimum absolute atomic E-state index is 0.208. The van der Waals surface area contributed by atoms with Crippen molar-refractivity contribution in [1.29, 1.82) is 0 Å². The minimum atomic E-state index is -0.888. The summed E-state index contributed by atoms with van der Waals surface area (Å²) in [5, 5.41) is 23.6. The Kier molecular flexibility index (Phi) is 5.50. The zero-order valence-electron chi connectivity index (χ0n) is 17.6. The fraction of sp³-hybridized carbons (Fsp3) is 0.429. The third kappa shape index (κ3) is 3.69. The second-order valence-electron chi connectivity index (χ2n) is 7.78. The number of aliphatic hydroxyl groups excluding tert-OH is 1. The zero-order valence-corrected chi connectivity index (χ0v) is 17.6. The van der Waals surface area contributed by atoms with Gasteiger partial charge in [0.1, 0.15) is 5.82 Å². The molecule has 11 heteroatoms. The molecule has 0 atom stereocenters. The van der Waals surface area contributed by atoms with Gasteiger partial charge in [0.2, 0.25) is 0 Å². The maximum atomic E-state index is 11.1. The summed E-state index contributed by atoms with van der Waals surface area (Å²) in [6.45, 7) is 4.79. The van der Waals surface area contributed by atoms with Crippen LogP contribution in [0.15, 0.2) is 30.6 Å². The minimum Gasteiger partial charge on any atom is -0.465 e. The molecule has 5 heterocycles. The van der Waals surface area contributed by atoms with Crippen LogP contribution in [-0.4, -0.2) is 93.3 Å². The Hall–Kier alpha value is -3.44. The Morgan fingerprint density at radius 2 is 1.81 bits per heavy atom. The summed E-state index contributed by atoms with van der Waals surface area (Å²) in [6.07, 6.45) is 2.61. The van der Waals surface area contributed by atoms with Crippen LogP contribution in [0.5, 0.6) is 0 Å². The molecule has 3 aromatic heterocycles. The van der Waals surface area contributed by atoms with Gasteiger partial charge in [-0.25, -0.2) is 19.3 Å². The molecule has 0 aromatic carbocycles. The molecule has 2 aliphatic rings. The van der Waals surface area contributed by atoms with Crippen molar-refractivity contribution in [2.45, 2.75) is 6.61 Å². The van der Waals surface area contributed by atoms with Crippen LogP contribution in [0.2, 0.25) is 0 Å². The van der Waals surface area contributed by atoms with Crippen molar-refractivity contribution in [2.24, 2.45) is 0 Å². The maximum absolute atomic E-state index is 11.1. The number of nitrogens with zero attached hydrogens (tertiary/aromatic N) is 7. The monoisotopic (exact) mass is 439 g/mol. The zero-order chi connectivity index (χ0) is 22.1. The average Bonchev–Trinajstić information content (AvgIpc) is 3.23. The van der Waals surface area contributed by atoms with Gasteiger partial charge in [-0.3, -0.25) is 0 Å². The Morgan fingerprint density at radius 1 is 1.03 bits per heavy atom. The van der Waals surface area contributed by atoms with Crippen molar-refractivity contribution in [3.63, 3.8) is 0 Å². The van der Waals surface area contributed by atoms with Crippen molar-refractivity contribution in [2.75, 3.05) is 62.3 Å². The highest BCUT2D eigenvalue weighted by atomic mass is 16.5. The van der Waals surface area contributed by atoms with Crippen LogP contribution in [0, 0.1) is 0 Å². The summed E-state index contributed by atoms with van der Waals surface area (Å²) in [6, 6.07) is 5.80. The first-order valence-electron chi connectivity index (χ1n) is 10.6. The number of pyridine rings is 1. The lowest BCUT2D eigenvalue weighted by atomic mass is 10.1. The van der Waals surface area contributed by atoms with Crippen LogP contribution in [0.1, 0.15) is 5.69 Å². The van der Waals surface area contributed by atoms with Crippen molar-refractivity contribution < 1.29 is 19.7 Å². The Morgan fingerprint density at radius 3 is 2.47 bits per heavy atom. The van der Waals surface area contributed by atoms with Gasteiger partial charge in [0.25, 0.3) is 0 Å². The van der Waals surface area contributed by atoms with Crippen LogP contribution < -0.4 is 9.80 Å². The summed E-state index contributed by atoms with van der Waals surface area (Å²) >= 11 is 0. The Balaban J connectivity index is 1.45. The molecule has 0 spiro atoms. The number of carboxylic acid groups (broad SMARTS) is 1. The molecule has 0 radical (unpaired) electrons. The SMILES string of the molecule is O=C(O)N1CCN(c2ccc(-c3c(CO)nc4c(N5CCOCC5)ccnn34)cn2)CC1. The quantitative estimate of drug-likeness (QED) is 0.611. The van der Waals surface area contributed by atoms with E-state index >= 15 is 0 Å². The molecule has 0 bridgehead atoms. The number of rotatable bonds is 4. The number of amides is 1. The smallest absolute Gasteiger partial charge is 0.407 e. The van der Waals surface area contributed by atoms with Gasteiger partial charge in [-0.15, -0.1) is 0 Å². The van der Waals surface area contributed by atoms with Crippen LogP contribution in [0.4, 0.5) is 16.3 Å². The van der Waals surface area contributed by atoms with Crippen molar-refractivity contribution in [3.05, 3.63) is 36.3 Å². The van der Waals surface area contributed by atoms with E-state index in [0.717, 1.165) is 30.2 Å². The molecule has 1 amide bonds. The molecule has 0 aliphatic carbocycles. The fourth-order valence-electron chi connectivity index (χ4n) is 4.27. The lowest BCUT2D eigenvalue weighted by molar-refractivity contribution is 0.123. The fourth-order valence-corrected chi connectivity index (χ4v) is 4.27. The summed E-state index contributed by atoms with van der Waals surface area (Å²) in [5.41, 5.74) is 3.73. The number of carbonyl (C=O) groups is 1. The Bertz CT molecular complexity index is 1100. The number of anilines is 2. The molecule has 2 fully saturated rings. The van der Waals surface area contributed by atoms with E-state index in [2.05, 4.69) is 24.9 Å². The predicted octanol–water partition coefficient (Wildman–Crippen LogP) is 0.920. The first-order valence-corrected chi connectivity index (χ1v) is 10.6. The average molecular weight is 439 g/mol. The lowest BCUT2D eigenvalue weighted by Gasteiger charge is -2.33. The number of aromatic nitrogens is 4. The highest BCUT2D eigenvalue weighted by Crippen LogP contribution is 2.30. The number of hydrogen-bond donors (Lipinski definition) is 2. The number of morpholine rings is 1. The van der Waals surface area contributed by atoms with E-state index in [0.29, 0.717) is 56.4 Å². The van der Waals surface area contributed by atoms with E-state index in [1.165, 1.54) is 4.90 Å². The summed E-state index contributed by atoms with van der Waals surface area (Å²) in [7, 11) is 0. The van der Waals surface area contributed by atoms with Crippen LogP contribution in [-0.2, 0) is 11.3 Å². The van der Waals surface area contributed by atoms with E-state index in [-0.39, 0.29) is 6.61 Å². The third-order valence-corrected chi connectivity index (χ3v) is 5.97. The first-order chi connectivity index (χ1) is 15.7. The van der Waals surface area contributed by atoms with E-state index in [1.807, 2.05) is 18.2 Å². The van der Waals surface area contributed by atoms with Gasteiger partial charge in [-0.05, 0) is 18.2 Å². The molecule has 2 N–H and O–H groups in total. The predicted molar refractivity (Wildman–Crippen MR) is 117 cm³/mol. The number of fused-ring (bicyclic) bond motifs is 1. The molecule has 0 unspecified atom stereocenters. The molecule has 2 saturated heterocycles. The topological polar surface area (TPSA) is 120 Å². The van der Waals surface area contributed by atoms with Crippen molar-refractivity contribution in [3.8, 4) is 11.3 Å². The van der Waals surface area contributed by atoms with E-state index < -0.39 is 6.09 Å². The highest BCUT2D eigenvalue weighted by Gasteiger charge is 2.23. The van der Waals surface area contributed by atoms with Gasteiger partial charge in [-0.2, -0.15) is 5.10 Å². The van der Waals surface area contributed by atoms with E-state index in [1.54, 1.807) is 16.9 Å². The van der Waals surface area contributed by atoms with Crippen molar-refractivity contribution in [1.82, 2.24) is 24.5 Å². The lowest BCUT2D eigenvalue weighted by Crippen LogP contribution is -2.48. The largest absolute Gasteiger partial charge is 0.465 e. The second kappa shape index (κ2) is 8.60. The van der Waals surface area contributed by atoms with Gasteiger partial charge in [-0.1, -0.05) is 0 Å². The summed E-state index contributed by atoms with van der Waals surface area (Å²) in [4.78, 5) is 26.1. The second-order valence-corrected chi connectivity index (χ2v) is 7.78. The molecular weight excluding hydrogens is 414 g/mol. The molecule has 3 aromatic rings. The van der Waals surface area contributed by atoms with Gasteiger partial charge >= 0.3 is 6.09 Å². The standard InChI is InChI=1S/C21H25N7O4/c29-14-16-19(28-20(24-16)17(3-4-23-28)25-9-11-32-12-10-25)15-1-2-18(22-13-15)26-5-7-27(8-6-26)21(30)31/h1-4,13,29H,5-12,14H2,(H,30,31). The Labute approximate surface area is 184 Å². The first kappa shape index (κ1) is 20.5. The molecule has 11 nitrogen and oxygen atoms in total. The number of ether oxygens (including phenoxy) is 1. The number of hydrogen-bond acceptors (Lipinski definition) is 8. The van der Waals surface area contributed by atoms with Gasteiger partial charge < -0.3 is 29.6 Å². The van der Waals surface area contributed by atoms with Gasteiger partial charge in [0.05, 0.1) is 43.1 Å². The normalized spacial score (nSPS) is 17.2. The van der Waals surface area contributed by atoms with Crippen LogP contribution in [0.3, 0.4) is 0 Å². The summed E-state index contributed by atoms with van der Waals surface area (Å²) < 4.78 is 7.23. The maximum Gasteiger partial charge on any atom is 0.407 e. The molecule has 2 aliphatic heterocycles. The molecule has 32 heavy (non-hydrogen) atoms.